The van der Waals surface area contributed by atoms with Gasteiger partial charge >= 0.3 is 0 Å². The van der Waals surface area contributed by atoms with Gasteiger partial charge in [-0.15, -0.1) is 5.10 Å². The Hall–Kier alpha value is -1.92. The molecule has 0 aliphatic carbocycles. The zero-order valence-electron chi connectivity index (χ0n) is 10.8. The molecule has 1 fully saturated rings. The molecule has 5 nitrogen and oxygen atoms in total. The van der Waals surface area contributed by atoms with Crippen molar-refractivity contribution in [1.82, 2.24) is 9.89 Å². The summed E-state index contributed by atoms with van der Waals surface area (Å²) in [5.74, 6) is 0.584. The number of fused-ring (bicyclic) bond motifs is 2. The van der Waals surface area contributed by atoms with Crippen LogP contribution in [-0.4, -0.2) is 36.2 Å². The van der Waals surface area contributed by atoms with Crippen molar-refractivity contribution in [2.24, 2.45) is 0 Å². The fourth-order valence-corrected chi connectivity index (χ4v) is 2.77. The number of aromatic nitrogens is 2. The van der Waals surface area contributed by atoms with E-state index < -0.39 is 0 Å². The first-order valence-electron chi connectivity index (χ1n) is 6.57. The summed E-state index contributed by atoms with van der Waals surface area (Å²) in [6.07, 6.45) is 0. The highest BCUT2D eigenvalue weighted by Crippen LogP contribution is 2.28. The van der Waals surface area contributed by atoms with Gasteiger partial charge in [0, 0.05) is 5.39 Å². The molecule has 0 atom stereocenters. The normalized spacial score (nSPS) is 16.1. The molecule has 4 rings (SSSR count). The molecule has 20 heavy (non-hydrogen) atoms. The number of benzene rings is 1. The maximum absolute atomic E-state index is 5.84. The Morgan fingerprint density at radius 3 is 2.80 bits per heavy atom. The van der Waals surface area contributed by atoms with Crippen molar-refractivity contribution >= 4 is 23.2 Å². The Labute approximate surface area is 120 Å². The standard InChI is InChI=1S/C14H13N3O2S/c20-14-11-9-10-3-1-2-4-12(10)19-13(11)15-17(14)16-5-7-18-8-6-16/h1-4,9H,5-8H2. The first-order valence-corrected chi connectivity index (χ1v) is 6.98. The Balaban J connectivity index is 1.91. The molecule has 0 bridgehead atoms. The summed E-state index contributed by atoms with van der Waals surface area (Å²) in [5.41, 5.74) is 1.70. The fraction of sp³-hybridized carbons (Fsp3) is 0.286. The van der Waals surface area contributed by atoms with Gasteiger partial charge in [-0.3, -0.25) is 5.01 Å². The second-order valence-electron chi connectivity index (χ2n) is 4.76. The van der Waals surface area contributed by atoms with Crippen LogP contribution in [0.25, 0.3) is 22.4 Å². The quantitative estimate of drug-likeness (QED) is 0.643. The summed E-state index contributed by atoms with van der Waals surface area (Å²) in [5, 5.41) is 7.63. The molecule has 0 spiro atoms. The van der Waals surface area contributed by atoms with E-state index in [0.717, 1.165) is 29.6 Å². The molecule has 0 radical (unpaired) electrons. The molecular formula is C14H13N3O2S. The number of rotatable bonds is 1. The molecule has 6 heteroatoms. The maximum atomic E-state index is 5.84. The molecule has 1 saturated heterocycles. The van der Waals surface area contributed by atoms with Crippen LogP contribution in [0.2, 0.25) is 0 Å². The molecule has 3 heterocycles. The van der Waals surface area contributed by atoms with Gasteiger partial charge in [0.15, 0.2) is 4.64 Å². The highest BCUT2D eigenvalue weighted by molar-refractivity contribution is 7.71. The summed E-state index contributed by atoms with van der Waals surface area (Å²) >= 11 is 5.53. The highest BCUT2D eigenvalue weighted by Gasteiger charge is 2.20. The summed E-state index contributed by atoms with van der Waals surface area (Å²) in [6.45, 7) is 2.97. The van der Waals surface area contributed by atoms with Crippen molar-refractivity contribution in [3.05, 3.63) is 35.0 Å². The number of ether oxygens (including phenoxy) is 1. The molecular weight excluding hydrogens is 274 g/mol. The lowest BCUT2D eigenvalue weighted by Gasteiger charge is -2.27. The van der Waals surface area contributed by atoms with E-state index in [0.29, 0.717) is 23.7 Å². The minimum Gasteiger partial charge on any atom is -0.436 e. The highest BCUT2D eigenvalue weighted by atomic mass is 32.1. The summed E-state index contributed by atoms with van der Waals surface area (Å²) in [4.78, 5) is 1.77. The van der Waals surface area contributed by atoms with Gasteiger partial charge in [-0.25, -0.2) is 0 Å². The van der Waals surface area contributed by atoms with Crippen molar-refractivity contribution in [1.29, 1.82) is 0 Å². The molecule has 3 aliphatic heterocycles. The maximum Gasteiger partial charge on any atom is 0.249 e. The van der Waals surface area contributed by atoms with Gasteiger partial charge in [0.25, 0.3) is 0 Å². The first-order chi connectivity index (χ1) is 9.83. The van der Waals surface area contributed by atoms with Gasteiger partial charge in [-0.05, 0) is 12.1 Å². The summed E-state index contributed by atoms with van der Waals surface area (Å²) in [6, 6.07) is 9.93. The molecule has 1 aromatic rings. The van der Waals surface area contributed by atoms with Crippen LogP contribution in [0.15, 0.2) is 34.7 Å². The van der Waals surface area contributed by atoms with Crippen molar-refractivity contribution in [2.75, 3.05) is 31.3 Å². The predicted octanol–water partition coefficient (Wildman–Crippen LogP) is 2.43. The zero-order chi connectivity index (χ0) is 13.5. The van der Waals surface area contributed by atoms with Crippen LogP contribution in [-0.2, 0) is 4.74 Å². The number of hydrogen-bond donors (Lipinski definition) is 0. The summed E-state index contributed by atoms with van der Waals surface area (Å²) < 4.78 is 11.9. The van der Waals surface area contributed by atoms with Gasteiger partial charge < -0.3 is 9.15 Å². The van der Waals surface area contributed by atoms with Crippen LogP contribution in [0.1, 0.15) is 0 Å². The molecule has 0 N–H and O–H groups in total. The Morgan fingerprint density at radius 1 is 1.15 bits per heavy atom. The van der Waals surface area contributed by atoms with Gasteiger partial charge in [0.1, 0.15) is 5.58 Å². The van der Waals surface area contributed by atoms with E-state index in [4.69, 9.17) is 21.4 Å². The molecule has 0 amide bonds. The van der Waals surface area contributed by atoms with Crippen LogP contribution in [0.3, 0.4) is 0 Å². The van der Waals surface area contributed by atoms with E-state index in [-0.39, 0.29) is 0 Å². The molecule has 0 unspecified atom stereocenters. The van der Waals surface area contributed by atoms with Crippen molar-refractivity contribution in [3.8, 4) is 11.5 Å². The van der Waals surface area contributed by atoms with Crippen molar-refractivity contribution in [3.63, 3.8) is 0 Å². The third-order valence-corrected chi connectivity index (χ3v) is 3.89. The van der Waals surface area contributed by atoms with Crippen molar-refractivity contribution < 1.29 is 9.15 Å². The number of nitrogens with zero attached hydrogens (tertiary/aromatic N) is 3. The SMILES string of the molecule is S=c1c2cc3ccccc3oc-2nn1N1CCOCC1. The molecule has 1 aromatic carbocycles. The average molecular weight is 287 g/mol. The van der Waals surface area contributed by atoms with Crippen LogP contribution in [0.5, 0.6) is 0 Å². The molecule has 0 saturated carbocycles. The lowest BCUT2D eigenvalue weighted by atomic mass is 10.2. The lowest BCUT2D eigenvalue weighted by Crippen LogP contribution is -2.44. The number of para-hydroxylation sites is 1. The number of hydrogen-bond acceptors (Lipinski definition) is 5. The van der Waals surface area contributed by atoms with E-state index in [9.17, 15) is 0 Å². The third-order valence-electron chi connectivity index (χ3n) is 3.51. The van der Waals surface area contributed by atoms with Gasteiger partial charge in [-0.1, -0.05) is 30.4 Å². The van der Waals surface area contributed by atoms with E-state index in [1.807, 2.05) is 30.3 Å². The lowest BCUT2D eigenvalue weighted by molar-refractivity contribution is 0.109. The monoisotopic (exact) mass is 287 g/mol. The minimum absolute atomic E-state index is 0.584. The smallest absolute Gasteiger partial charge is 0.249 e. The fourth-order valence-electron chi connectivity index (χ4n) is 2.47. The van der Waals surface area contributed by atoms with E-state index in [2.05, 4.69) is 10.1 Å². The topological polar surface area (TPSA) is 43.4 Å². The second kappa shape index (κ2) is 4.57. The van der Waals surface area contributed by atoms with E-state index in [1.165, 1.54) is 0 Å². The second-order valence-corrected chi connectivity index (χ2v) is 5.15. The van der Waals surface area contributed by atoms with E-state index in [1.54, 1.807) is 4.79 Å². The van der Waals surface area contributed by atoms with Crippen LogP contribution >= 0.6 is 12.2 Å². The Kier molecular flexibility index (Phi) is 2.71. The summed E-state index contributed by atoms with van der Waals surface area (Å²) in [7, 11) is 0. The van der Waals surface area contributed by atoms with Crippen LogP contribution in [0, 0.1) is 4.64 Å². The minimum atomic E-state index is 0.584. The van der Waals surface area contributed by atoms with Gasteiger partial charge in [-0.2, -0.15) is 4.79 Å². The molecule has 102 valence electrons. The van der Waals surface area contributed by atoms with Crippen LogP contribution in [0.4, 0.5) is 0 Å². The van der Waals surface area contributed by atoms with Gasteiger partial charge in [0.2, 0.25) is 5.89 Å². The first kappa shape index (κ1) is 11.9. The van der Waals surface area contributed by atoms with Gasteiger partial charge in [0.05, 0.1) is 31.9 Å². The third kappa shape index (κ3) is 1.80. The van der Waals surface area contributed by atoms with E-state index >= 15 is 0 Å². The Bertz CT molecular complexity index is 789. The predicted molar refractivity (Wildman–Crippen MR) is 78.2 cm³/mol. The van der Waals surface area contributed by atoms with Crippen LogP contribution < -0.4 is 5.01 Å². The molecule has 0 aromatic heterocycles. The Morgan fingerprint density at radius 2 is 1.95 bits per heavy atom. The number of morpholine rings is 1. The largest absolute Gasteiger partial charge is 0.436 e. The molecule has 3 aliphatic rings. The average Bonchev–Trinajstić information content (AvgIpc) is 2.83. The zero-order valence-corrected chi connectivity index (χ0v) is 11.6. The van der Waals surface area contributed by atoms with Crippen molar-refractivity contribution in [2.45, 2.75) is 0 Å².